The Bertz CT molecular complexity index is 1060. The number of aromatic nitrogens is 3. The van der Waals surface area contributed by atoms with E-state index in [0.717, 1.165) is 5.56 Å². The van der Waals surface area contributed by atoms with Crippen LogP contribution in [0.3, 0.4) is 0 Å². The van der Waals surface area contributed by atoms with Gasteiger partial charge in [-0.05, 0) is 24.6 Å². The maximum Gasteiger partial charge on any atom is 0.357 e. The zero-order valence-corrected chi connectivity index (χ0v) is 17.5. The minimum absolute atomic E-state index is 0.000103. The summed E-state index contributed by atoms with van der Waals surface area (Å²) in [6.07, 6.45) is 1.69. The first-order valence-corrected chi connectivity index (χ1v) is 9.47. The van der Waals surface area contributed by atoms with E-state index in [1.807, 2.05) is 0 Å². The van der Waals surface area contributed by atoms with Crippen LogP contribution >= 0.6 is 11.6 Å². The molecular formula is C20H21ClFN3O5. The highest BCUT2D eigenvalue weighted by atomic mass is 35.5. The molecule has 0 bridgehead atoms. The smallest absolute Gasteiger partial charge is 0.357 e. The lowest BCUT2D eigenvalue weighted by molar-refractivity contribution is 0.0211. The highest BCUT2D eigenvalue weighted by Crippen LogP contribution is 2.34. The largest absolute Gasteiger partial charge is 0.492 e. The monoisotopic (exact) mass is 437 g/mol. The Morgan fingerprint density at radius 3 is 2.67 bits per heavy atom. The fourth-order valence-electron chi connectivity index (χ4n) is 2.85. The van der Waals surface area contributed by atoms with Crippen molar-refractivity contribution in [2.45, 2.75) is 6.92 Å². The van der Waals surface area contributed by atoms with Gasteiger partial charge < -0.3 is 23.9 Å². The van der Waals surface area contributed by atoms with E-state index in [0.29, 0.717) is 24.2 Å². The van der Waals surface area contributed by atoms with E-state index < -0.39 is 11.8 Å². The van der Waals surface area contributed by atoms with Gasteiger partial charge in [-0.15, -0.1) is 0 Å². The first-order valence-electron chi connectivity index (χ1n) is 9.09. The van der Waals surface area contributed by atoms with Crippen LogP contribution in [0.5, 0.6) is 5.75 Å². The van der Waals surface area contributed by atoms with Gasteiger partial charge in [0.2, 0.25) is 0 Å². The first-order chi connectivity index (χ1) is 14.5. The number of aromatic amines is 1. The number of nitrogens with one attached hydrogen (secondary N) is 1. The Kier molecular flexibility index (Phi) is 7.20. The van der Waals surface area contributed by atoms with E-state index in [1.54, 1.807) is 20.2 Å². The maximum atomic E-state index is 14.9. The molecule has 0 fully saturated rings. The highest BCUT2D eigenvalue weighted by molar-refractivity contribution is 6.32. The van der Waals surface area contributed by atoms with Crippen molar-refractivity contribution in [1.29, 1.82) is 0 Å². The number of fused-ring (bicyclic) bond motifs is 1. The average Bonchev–Trinajstić information content (AvgIpc) is 3.11. The lowest BCUT2D eigenvalue weighted by Crippen LogP contribution is -2.15. The Morgan fingerprint density at radius 1 is 1.17 bits per heavy atom. The summed E-state index contributed by atoms with van der Waals surface area (Å²) in [5.41, 5.74) is 1.21. The topological polar surface area (TPSA) is 95.6 Å². The fraction of sp³-hybridized carbons (Fsp3) is 0.350. The highest BCUT2D eigenvalue weighted by Gasteiger charge is 2.23. The third-order valence-electron chi connectivity index (χ3n) is 4.31. The molecule has 160 valence electrons. The van der Waals surface area contributed by atoms with E-state index >= 15 is 0 Å². The zero-order chi connectivity index (χ0) is 21.7. The van der Waals surface area contributed by atoms with E-state index in [-0.39, 0.29) is 41.1 Å². The Morgan fingerprint density at radius 2 is 1.93 bits per heavy atom. The lowest BCUT2D eigenvalue weighted by Gasteiger charge is -2.11. The van der Waals surface area contributed by atoms with Crippen LogP contribution in [0.2, 0.25) is 5.02 Å². The van der Waals surface area contributed by atoms with Crippen molar-refractivity contribution in [2.75, 3.05) is 40.6 Å². The minimum atomic E-state index is -0.724. The van der Waals surface area contributed by atoms with Crippen LogP contribution in [0.1, 0.15) is 16.1 Å². The molecule has 2 heterocycles. The predicted octanol–water partition coefficient (Wildman–Crippen LogP) is 3.55. The van der Waals surface area contributed by atoms with Crippen molar-refractivity contribution >= 4 is 28.6 Å². The quantitative estimate of drug-likeness (QED) is 0.404. The number of carbonyl (C=O) groups excluding carboxylic acids is 1. The molecule has 2 aromatic heterocycles. The molecule has 0 aliphatic carbocycles. The molecule has 1 N–H and O–H groups in total. The van der Waals surface area contributed by atoms with Crippen molar-refractivity contribution in [3.63, 3.8) is 0 Å². The van der Waals surface area contributed by atoms with Crippen LogP contribution in [-0.4, -0.2) is 61.6 Å². The molecule has 0 atom stereocenters. The number of rotatable bonds is 9. The number of benzene rings is 1. The Balaban J connectivity index is 1.93. The van der Waals surface area contributed by atoms with Crippen LogP contribution in [0.25, 0.3) is 22.4 Å². The number of methoxy groups -OCH3 is 2. The average molecular weight is 438 g/mol. The summed E-state index contributed by atoms with van der Waals surface area (Å²) < 4.78 is 35.3. The van der Waals surface area contributed by atoms with E-state index in [2.05, 4.69) is 15.0 Å². The van der Waals surface area contributed by atoms with Gasteiger partial charge in [-0.25, -0.2) is 19.2 Å². The Labute approximate surface area is 177 Å². The first kappa shape index (κ1) is 21.9. The zero-order valence-electron chi connectivity index (χ0n) is 16.8. The summed E-state index contributed by atoms with van der Waals surface area (Å²) in [5, 5.41) is 0.619. The van der Waals surface area contributed by atoms with Crippen molar-refractivity contribution in [2.24, 2.45) is 0 Å². The summed E-state index contributed by atoms with van der Waals surface area (Å²) in [5.74, 6) is -1.51. The molecule has 0 saturated carbocycles. The third kappa shape index (κ3) is 4.53. The summed E-state index contributed by atoms with van der Waals surface area (Å²) in [6, 6.07) is 2.90. The fourth-order valence-corrected chi connectivity index (χ4v) is 3.08. The second kappa shape index (κ2) is 9.84. The number of nitrogens with zero attached hydrogens (tertiary/aromatic N) is 2. The van der Waals surface area contributed by atoms with Crippen molar-refractivity contribution in [3.8, 4) is 17.1 Å². The van der Waals surface area contributed by atoms with Crippen molar-refractivity contribution in [1.82, 2.24) is 15.0 Å². The van der Waals surface area contributed by atoms with Gasteiger partial charge in [-0.1, -0.05) is 11.6 Å². The van der Waals surface area contributed by atoms with Crippen LogP contribution in [0.15, 0.2) is 18.3 Å². The van der Waals surface area contributed by atoms with Gasteiger partial charge in [0.25, 0.3) is 0 Å². The number of aryl methyl sites for hydroxylation is 1. The number of H-pyrrole nitrogens is 1. The van der Waals surface area contributed by atoms with Crippen molar-refractivity contribution < 1.29 is 28.1 Å². The van der Waals surface area contributed by atoms with Gasteiger partial charge in [-0.3, -0.25) is 0 Å². The molecule has 8 nitrogen and oxygen atoms in total. The molecule has 0 spiro atoms. The lowest BCUT2D eigenvalue weighted by atomic mass is 10.1. The van der Waals surface area contributed by atoms with Gasteiger partial charge in [-0.2, -0.15) is 0 Å². The molecule has 10 heteroatoms. The normalized spacial score (nSPS) is 11.1. The van der Waals surface area contributed by atoms with Crippen LogP contribution in [-0.2, 0) is 14.2 Å². The molecule has 0 saturated heterocycles. The molecule has 3 aromatic rings. The number of halogens is 2. The van der Waals surface area contributed by atoms with Crippen molar-refractivity contribution in [3.05, 3.63) is 40.4 Å². The predicted molar refractivity (Wildman–Crippen MR) is 109 cm³/mol. The summed E-state index contributed by atoms with van der Waals surface area (Å²) in [4.78, 5) is 24.3. The summed E-state index contributed by atoms with van der Waals surface area (Å²) >= 11 is 5.97. The van der Waals surface area contributed by atoms with Gasteiger partial charge in [0, 0.05) is 13.3 Å². The molecule has 0 radical (unpaired) electrons. The van der Waals surface area contributed by atoms with Crippen LogP contribution in [0, 0.1) is 12.7 Å². The minimum Gasteiger partial charge on any atom is -0.492 e. The number of carbonyl (C=O) groups is 1. The molecule has 1 aromatic carbocycles. The summed E-state index contributed by atoms with van der Waals surface area (Å²) in [7, 11) is 2.88. The number of ether oxygens (including phenoxy) is 4. The van der Waals surface area contributed by atoms with E-state index in [9.17, 15) is 9.18 Å². The summed E-state index contributed by atoms with van der Waals surface area (Å²) in [6.45, 7) is 2.90. The second-order valence-corrected chi connectivity index (χ2v) is 6.68. The molecule has 30 heavy (non-hydrogen) atoms. The third-order valence-corrected chi connectivity index (χ3v) is 4.61. The van der Waals surface area contributed by atoms with Gasteiger partial charge in [0.05, 0.1) is 42.9 Å². The van der Waals surface area contributed by atoms with Gasteiger partial charge in [0.15, 0.2) is 23.1 Å². The number of esters is 1. The second-order valence-electron chi connectivity index (χ2n) is 6.27. The number of hydrogen-bond donors (Lipinski definition) is 1. The molecule has 0 amide bonds. The molecular weight excluding hydrogens is 417 g/mol. The standard InChI is InChI=1S/C20H21ClFN3O5/c1-11-10-23-19-14(11)16(20(26)30-9-8-29-7-6-27-2)24-18(25-19)12-4-5-13(21)17(28-3)15(12)22/h4-5,10H,6-9H2,1-3H3,(H,23,24,25). The van der Waals surface area contributed by atoms with Gasteiger partial charge >= 0.3 is 5.97 Å². The van der Waals surface area contributed by atoms with Gasteiger partial charge in [0.1, 0.15) is 12.3 Å². The van der Waals surface area contributed by atoms with E-state index in [1.165, 1.54) is 19.2 Å². The van der Waals surface area contributed by atoms with E-state index in [4.69, 9.17) is 30.5 Å². The SMILES string of the molecule is COCCOCCOC(=O)c1nc(-c2ccc(Cl)c(OC)c2F)nc2[nH]cc(C)c12. The molecule has 0 aliphatic heterocycles. The maximum absolute atomic E-state index is 14.9. The number of hydrogen-bond acceptors (Lipinski definition) is 7. The van der Waals surface area contributed by atoms with Crippen LogP contribution < -0.4 is 4.74 Å². The van der Waals surface area contributed by atoms with Crippen LogP contribution in [0.4, 0.5) is 4.39 Å². The Hall–Kier alpha value is -2.75. The molecule has 0 aliphatic rings. The molecule has 0 unspecified atom stereocenters. The molecule has 3 rings (SSSR count).